The number of aromatic nitrogens is 3. The minimum Gasteiger partial charge on any atom is -0.454 e. The van der Waals surface area contributed by atoms with Crippen LogP contribution in [0, 0.1) is 0 Å². The second-order valence-electron chi connectivity index (χ2n) is 6.38. The number of furan rings is 1. The highest BCUT2D eigenvalue weighted by Gasteiger charge is 2.20. The van der Waals surface area contributed by atoms with Gasteiger partial charge in [0.15, 0.2) is 5.76 Å². The molecule has 1 saturated heterocycles. The average Bonchev–Trinajstić information content (AvgIpc) is 3.25. The lowest BCUT2D eigenvalue weighted by Crippen LogP contribution is -2.27. The first-order valence-corrected chi connectivity index (χ1v) is 8.42. The highest BCUT2D eigenvalue weighted by molar-refractivity contribution is 5.83. The Labute approximate surface area is 139 Å². The normalized spacial score (nSPS) is 16.2. The second kappa shape index (κ2) is 5.46. The van der Waals surface area contributed by atoms with Gasteiger partial charge >= 0.3 is 0 Å². The maximum absolute atomic E-state index is 5.93. The number of nitrogens with one attached hydrogen (secondary N) is 2. The van der Waals surface area contributed by atoms with Gasteiger partial charge in [-0.3, -0.25) is 0 Å². The molecule has 4 heterocycles. The molecular weight excluding hydrogens is 300 g/mol. The number of benzene rings is 1. The summed E-state index contributed by atoms with van der Waals surface area (Å²) in [5.41, 5.74) is 3.64. The molecule has 5 heteroatoms. The second-order valence-corrected chi connectivity index (χ2v) is 6.38. The summed E-state index contributed by atoms with van der Waals surface area (Å²) in [5, 5.41) is 4.49. The van der Waals surface area contributed by atoms with Crippen LogP contribution in [0.1, 0.15) is 24.6 Å². The number of hydrogen-bond acceptors (Lipinski definition) is 4. The Kier molecular flexibility index (Phi) is 3.13. The van der Waals surface area contributed by atoms with Crippen molar-refractivity contribution >= 4 is 11.0 Å². The topological polar surface area (TPSA) is 66.7 Å². The zero-order chi connectivity index (χ0) is 15.9. The molecule has 0 atom stereocenters. The van der Waals surface area contributed by atoms with Gasteiger partial charge < -0.3 is 14.7 Å². The number of H-pyrrole nitrogens is 1. The van der Waals surface area contributed by atoms with Crippen molar-refractivity contribution in [3.63, 3.8) is 0 Å². The van der Waals surface area contributed by atoms with E-state index in [0.717, 1.165) is 65.6 Å². The molecule has 1 aromatic heterocycles. The van der Waals surface area contributed by atoms with Crippen molar-refractivity contribution in [1.29, 1.82) is 0 Å². The highest BCUT2D eigenvalue weighted by atomic mass is 16.3. The fourth-order valence-corrected chi connectivity index (χ4v) is 3.47. The van der Waals surface area contributed by atoms with Crippen molar-refractivity contribution in [3.8, 4) is 22.8 Å². The lowest BCUT2D eigenvalue weighted by molar-refractivity contribution is 0.445. The first kappa shape index (κ1) is 13.7. The van der Waals surface area contributed by atoms with Gasteiger partial charge in [0, 0.05) is 11.3 Å². The summed E-state index contributed by atoms with van der Waals surface area (Å²) >= 11 is 0. The summed E-state index contributed by atoms with van der Waals surface area (Å²) in [7, 11) is 0. The summed E-state index contributed by atoms with van der Waals surface area (Å²) < 4.78 is 5.93. The van der Waals surface area contributed by atoms with E-state index in [4.69, 9.17) is 4.42 Å². The Bertz CT molecular complexity index is 931. The summed E-state index contributed by atoms with van der Waals surface area (Å²) in [5.74, 6) is 2.36. The van der Waals surface area contributed by atoms with Crippen molar-refractivity contribution in [2.75, 3.05) is 13.1 Å². The van der Waals surface area contributed by atoms with Crippen LogP contribution < -0.4 is 5.32 Å². The zero-order valence-electron chi connectivity index (χ0n) is 13.2. The molecule has 0 bridgehead atoms. The van der Waals surface area contributed by atoms with E-state index in [2.05, 4.69) is 26.3 Å². The molecule has 5 rings (SSSR count). The molecule has 3 aliphatic heterocycles. The Morgan fingerprint density at radius 3 is 2.79 bits per heavy atom. The number of fused-ring (bicyclic) bond motifs is 2. The SMILES string of the molecule is c1ccc2oc(-c3cc4[nH]c(C5CCNCC5)ncc-4n3)cc2c1. The van der Waals surface area contributed by atoms with Crippen LogP contribution in [0.4, 0.5) is 0 Å². The molecule has 0 saturated carbocycles. The van der Waals surface area contributed by atoms with Gasteiger partial charge in [-0.2, -0.15) is 0 Å². The van der Waals surface area contributed by atoms with Gasteiger partial charge in [-0.15, -0.1) is 0 Å². The monoisotopic (exact) mass is 318 g/mol. The first-order valence-electron chi connectivity index (χ1n) is 8.42. The summed E-state index contributed by atoms with van der Waals surface area (Å²) in [6.07, 6.45) is 4.12. The minimum atomic E-state index is 0.500. The van der Waals surface area contributed by atoms with Crippen LogP contribution in [0.5, 0.6) is 0 Å². The predicted octanol–water partition coefficient (Wildman–Crippen LogP) is 3.79. The van der Waals surface area contributed by atoms with Gasteiger partial charge in [0.05, 0.1) is 11.9 Å². The lowest BCUT2D eigenvalue weighted by Gasteiger charge is -2.22. The van der Waals surface area contributed by atoms with E-state index in [1.165, 1.54) is 0 Å². The van der Waals surface area contributed by atoms with E-state index in [1.54, 1.807) is 0 Å². The quantitative estimate of drug-likeness (QED) is 0.590. The molecule has 0 amide bonds. The number of hydrogen-bond donors (Lipinski definition) is 2. The van der Waals surface area contributed by atoms with Crippen LogP contribution in [0.15, 0.2) is 47.0 Å². The van der Waals surface area contributed by atoms with Crippen molar-refractivity contribution in [3.05, 3.63) is 48.4 Å². The van der Waals surface area contributed by atoms with Crippen LogP contribution >= 0.6 is 0 Å². The Balaban J connectivity index is 1.54. The van der Waals surface area contributed by atoms with E-state index in [9.17, 15) is 0 Å². The molecule has 5 nitrogen and oxygen atoms in total. The third-order valence-corrected chi connectivity index (χ3v) is 4.79. The fraction of sp³-hybridized carbons (Fsp3) is 0.263. The van der Waals surface area contributed by atoms with Crippen LogP contribution in [-0.2, 0) is 0 Å². The number of para-hydroxylation sites is 1. The number of rotatable bonds is 2. The van der Waals surface area contributed by atoms with Crippen molar-refractivity contribution < 1.29 is 4.42 Å². The van der Waals surface area contributed by atoms with E-state index in [0.29, 0.717) is 5.92 Å². The van der Waals surface area contributed by atoms with E-state index >= 15 is 0 Å². The molecule has 24 heavy (non-hydrogen) atoms. The molecule has 2 N–H and O–H groups in total. The van der Waals surface area contributed by atoms with Crippen LogP contribution in [0.2, 0.25) is 0 Å². The zero-order valence-corrected chi connectivity index (χ0v) is 13.2. The number of piperidine rings is 1. The molecule has 0 aliphatic carbocycles. The molecule has 120 valence electrons. The molecule has 0 spiro atoms. The molecule has 2 aromatic rings. The summed E-state index contributed by atoms with van der Waals surface area (Å²) in [4.78, 5) is 12.7. The van der Waals surface area contributed by atoms with Crippen LogP contribution in [-0.4, -0.2) is 28.0 Å². The predicted molar refractivity (Wildman–Crippen MR) is 93.1 cm³/mol. The van der Waals surface area contributed by atoms with E-state index in [1.807, 2.05) is 36.5 Å². The van der Waals surface area contributed by atoms with Gasteiger partial charge in [0.1, 0.15) is 22.8 Å². The summed E-state index contributed by atoms with van der Waals surface area (Å²) in [6.45, 7) is 2.11. The van der Waals surface area contributed by atoms with Crippen molar-refractivity contribution in [1.82, 2.24) is 20.3 Å². The number of aromatic amines is 1. The fourth-order valence-electron chi connectivity index (χ4n) is 3.47. The lowest BCUT2D eigenvalue weighted by atomic mass is 9.97. The smallest absolute Gasteiger partial charge is 0.153 e. The van der Waals surface area contributed by atoms with Gasteiger partial charge in [0.25, 0.3) is 0 Å². The first-order chi connectivity index (χ1) is 11.9. The maximum atomic E-state index is 5.93. The van der Waals surface area contributed by atoms with Crippen molar-refractivity contribution in [2.45, 2.75) is 18.8 Å². The Morgan fingerprint density at radius 1 is 1.04 bits per heavy atom. The van der Waals surface area contributed by atoms with Gasteiger partial charge in [-0.1, -0.05) is 18.2 Å². The molecule has 3 aliphatic rings. The average molecular weight is 318 g/mol. The molecular formula is C19H18N4O. The van der Waals surface area contributed by atoms with Crippen LogP contribution in [0.25, 0.3) is 33.8 Å². The van der Waals surface area contributed by atoms with Gasteiger partial charge in [-0.25, -0.2) is 9.97 Å². The molecule has 1 aromatic carbocycles. The largest absolute Gasteiger partial charge is 0.454 e. The Hall–Kier alpha value is -2.66. The van der Waals surface area contributed by atoms with Gasteiger partial charge in [-0.05, 0) is 44.1 Å². The Morgan fingerprint density at radius 2 is 1.92 bits per heavy atom. The minimum absolute atomic E-state index is 0.500. The van der Waals surface area contributed by atoms with E-state index in [-0.39, 0.29) is 0 Å². The van der Waals surface area contributed by atoms with Gasteiger partial charge in [0.2, 0.25) is 0 Å². The maximum Gasteiger partial charge on any atom is 0.153 e. The highest BCUT2D eigenvalue weighted by Crippen LogP contribution is 2.32. The van der Waals surface area contributed by atoms with Crippen LogP contribution in [0.3, 0.4) is 0 Å². The van der Waals surface area contributed by atoms with E-state index < -0.39 is 0 Å². The molecule has 0 radical (unpaired) electrons. The van der Waals surface area contributed by atoms with Crippen molar-refractivity contribution in [2.24, 2.45) is 0 Å². The third-order valence-electron chi connectivity index (χ3n) is 4.79. The molecule has 0 unspecified atom stereocenters. The molecule has 1 fully saturated rings. The summed E-state index contributed by atoms with van der Waals surface area (Å²) in [6, 6.07) is 12.1. The number of nitrogens with zero attached hydrogens (tertiary/aromatic N) is 2. The third kappa shape index (κ3) is 2.29. The standard InChI is InChI=1S/C19H18N4O/c1-2-4-17-13(3-1)9-18(24-17)15-10-14-16(22-15)11-21-19(23-14)12-5-7-20-8-6-12/h1-4,9-12,20H,5-8H2,(H,21,23).